The first kappa shape index (κ1) is 16.3. The number of carbonyl (C=O) groups is 4. The molecule has 3 rings (SSSR count). The molecule has 2 heterocycles. The van der Waals surface area contributed by atoms with Crippen molar-refractivity contribution in [2.45, 2.75) is 12.8 Å². The highest BCUT2D eigenvalue weighted by Crippen LogP contribution is 2.34. The van der Waals surface area contributed by atoms with E-state index in [1.807, 2.05) is 12.2 Å². The lowest BCUT2D eigenvalue weighted by Crippen LogP contribution is -2.38. The Bertz CT molecular complexity index is 715. The minimum Gasteiger partial charge on any atom is -0.465 e. The molecule has 0 saturated carbocycles. The van der Waals surface area contributed by atoms with Crippen LogP contribution in [0.5, 0.6) is 0 Å². The average Bonchev–Trinajstić information content (AvgIpc) is 3.14. The number of methoxy groups -OCH3 is 1. The van der Waals surface area contributed by atoms with Gasteiger partial charge in [0.15, 0.2) is 5.13 Å². The third kappa shape index (κ3) is 2.94. The van der Waals surface area contributed by atoms with E-state index in [0.717, 1.165) is 16.2 Å². The first-order valence-electron chi connectivity index (χ1n) is 7.35. The summed E-state index contributed by atoms with van der Waals surface area (Å²) in [6.45, 7) is -0.349. The molecule has 0 spiro atoms. The summed E-state index contributed by atoms with van der Waals surface area (Å²) in [4.78, 5) is 53.2. The first-order valence-corrected chi connectivity index (χ1v) is 8.17. The molecule has 0 radical (unpaired) electrons. The summed E-state index contributed by atoms with van der Waals surface area (Å²) in [7, 11) is 1.25. The monoisotopic (exact) mass is 349 g/mol. The predicted molar refractivity (Wildman–Crippen MR) is 84.2 cm³/mol. The summed E-state index contributed by atoms with van der Waals surface area (Å²) in [5.74, 6) is -2.41. The van der Waals surface area contributed by atoms with Crippen molar-refractivity contribution in [1.29, 1.82) is 0 Å². The molecule has 1 aromatic rings. The Morgan fingerprint density at radius 2 is 1.92 bits per heavy atom. The number of fused-ring (bicyclic) bond motifs is 1. The summed E-state index contributed by atoms with van der Waals surface area (Å²) < 4.78 is 4.56. The van der Waals surface area contributed by atoms with Gasteiger partial charge in [-0.3, -0.25) is 19.3 Å². The van der Waals surface area contributed by atoms with E-state index in [-0.39, 0.29) is 40.2 Å². The normalized spacial score (nSPS) is 22.5. The van der Waals surface area contributed by atoms with Gasteiger partial charge in [0.2, 0.25) is 17.7 Å². The number of likely N-dealkylation sites (tertiary alicyclic amines) is 1. The number of amides is 3. The molecule has 8 nitrogen and oxygen atoms in total. The maximum absolute atomic E-state index is 12.3. The molecule has 2 aliphatic rings. The molecule has 0 aromatic carbocycles. The zero-order valence-corrected chi connectivity index (χ0v) is 13.7. The van der Waals surface area contributed by atoms with Gasteiger partial charge in [-0.15, -0.1) is 0 Å². The van der Waals surface area contributed by atoms with Crippen LogP contribution in [0.15, 0.2) is 18.3 Å². The van der Waals surface area contributed by atoms with Gasteiger partial charge in [-0.2, -0.15) is 0 Å². The molecule has 1 aliphatic heterocycles. The van der Waals surface area contributed by atoms with Crippen LogP contribution in [-0.2, 0) is 19.1 Å². The lowest BCUT2D eigenvalue weighted by Gasteiger charge is -2.14. The van der Waals surface area contributed by atoms with Crippen molar-refractivity contribution in [2.24, 2.45) is 11.8 Å². The van der Waals surface area contributed by atoms with E-state index < -0.39 is 11.9 Å². The van der Waals surface area contributed by atoms with E-state index in [2.05, 4.69) is 15.0 Å². The van der Waals surface area contributed by atoms with Crippen molar-refractivity contribution >= 4 is 40.2 Å². The highest BCUT2D eigenvalue weighted by molar-refractivity contribution is 7.17. The van der Waals surface area contributed by atoms with Gasteiger partial charge in [-0.25, -0.2) is 9.78 Å². The topological polar surface area (TPSA) is 106 Å². The molecule has 3 amide bonds. The van der Waals surface area contributed by atoms with Gasteiger partial charge >= 0.3 is 5.97 Å². The zero-order valence-electron chi connectivity index (χ0n) is 12.9. The van der Waals surface area contributed by atoms with Crippen LogP contribution in [0.4, 0.5) is 5.13 Å². The van der Waals surface area contributed by atoms with Gasteiger partial charge in [0, 0.05) is 0 Å². The zero-order chi connectivity index (χ0) is 17.3. The van der Waals surface area contributed by atoms with Crippen molar-refractivity contribution in [3.05, 3.63) is 23.2 Å². The Morgan fingerprint density at radius 1 is 1.29 bits per heavy atom. The largest absolute Gasteiger partial charge is 0.465 e. The second-order valence-electron chi connectivity index (χ2n) is 5.49. The van der Waals surface area contributed by atoms with Crippen LogP contribution in [0.25, 0.3) is 0 Å². The maximum atomic E-state index is 12.3. The second kappa shape index (κ2) is 6.52. The van der Waals surface area contributed by atoms with E-state index >= 15 is 0 Å². The van der Waals surface area contributed by atoms with Gasteiger partial charge in [0.05, 0.1) is 25.1 Å². The number of allylic oxidation sites excluding steroid dienone is 2. The molecule has 9 heteroatoms. The number of hydrogen-bond acceptors (Lipinski definition) is 7. The minimum absolute atomic E-state index is 0.207. The smallest absolute Gasteiger partial charge is 0.349 e. The van der Waals surface area contributed by atoms with Crippen LogP contribution in [0.1, 0.15) is 22.5 Å². The lowest BCUT2D eigenvalue weighted by molar-refractivity contribution is -0.142. The summed E-state index contributed by atoms with van der Waals surface area (Å²) in [5, 5.41) is 2.70. The standard InChI is InChI=1S/C15H15N3O5S/c1-23-14(22)10-6-16-15(24-10)17-11(19)7-18-12(20)8-4-2-3-5-9(8)13(18)21/h2-3,6,8-9H,4-5,7H2,1H3,(H,16,17,19)/t8-,9-/m1/s1. The molecule has 2 atom stereocenters. The molecule has 0 unspecified atom stereocenters. The van der Waals surface area contributed by atoms with E-state index in [1.165, 1.54) is 13.3 Å². The molecule has 0 bridgehead atoms. The number of esters is 1. The molecule has 1 aliphatic carbocycles. The number of anilines is 1. The van der Waals surface area contributed by atoms with Crippen molar-refractivity contribution in [1.82, 2.24) is 9.88 Å². The number of rotatable bonds is 4. The lowest BCUT2D eigenvalue weighted by atomic mass is 9.85. The fraction of sp³-hybridized carbons (Fsp3) is 0.400. The summed E-state index contributed by atoms with van der Waals surface area (Å²) in [5.41, 5.74) is 0. The summed E-state index contributed by atoms with van der Waals surface area (Å²) >= 11 is 0.958. The fourth-order valence-corrected chi connectivity index (χ4v) is 3.60. The molecule has 1 N–H and O–H groups in total. The van der Waals surface area contributed by atoms with E-state index in [0.29, 0.717) is 12.8 Å². The van der Waals surface area contributed by atoms with Crippen molar-refractivity contribution < 1.29 is 23.9 Å². The van der Waals surface area contributed by atoms with Crippen LogP contribution in [0.3, 0.4) is 0 Å². The molecular weight excluding hydrogens is 334 g/mol. The first-order chi connectivity index (χ1) is 11.5. The number of nitrogens with one attached hydrogen (secondary N) is 1. The number of thiazole rings is 1. The Hall–Kier alpha value is -2.55. The Kier molecular flexibility index (Phi) is 4.43. The van der Waals surface area contributed by atoms with Gasteiger partial charge in [-0.1, -0.05) is 23.5 Å². The van der Waals surface area contributed by atoms with Gasteiger partial charge in [0.25, 0.3) is 0 Å². The molecule has 1 aromatic heterocycles. The highest BCUT2D eigenvalue weighted by atomic mass is 32.1. The quantitative estimate of drug-likeness (QED) is 0.490. The Labute approximate surface area is 141 Å². The number of aromatic nitrogens is 1. The van der Waals surface area contributed by atoms with Gasteiger partial charge < -0.3 is 10.1 Å². The maximum Gasteiger partial charge on any atom is 0.349 e. The van der Waals surface area contributed by atoms with Crippen LogP contribution in [-0.4, -0.2) is 47.2 Å². The van der Waals surface area contributed by atoms with Crippen molar-refractivity contribution in [2.75, 3.05) is 19.0 Å². The summed E-state index contributed by atoms with van der Waals surface area (Å²) in [6, 6.07) is 0. The summed E-state index contributed by atoms with van der Waals surface area (Å²) in [6.07, 6.45) is 6.13. The third-order valence-electron chi connectivity index (χ3n) is 4.04. The van der Waals surface area contributed by atoms with Crippen LogP contribution in [0, 0.1) is 11.8 Å². The average molecular weight is 349 g/mol. The van der Waals surface area contributed by atoms with E-state index in [9.17, 15) is 19.2 Å². The number of nitrogens with zero attached hydrogens (tertiary/aromatic N) is 2. The highest BCUT2D eigenvalue weighted by Gasteiger charge is 2.47. The van der Waals surface area contributed by atoms with Crippen molar-refractivity contribution in [3.63, 3.8) is 0 Å². The fourth-order valence-electron chi connectivity index (χ4n) is 2.85. The van der Waals surface area contributed by atoms with E-state index in [4.69, 9.17) is 0 Å². The number of ether oxygens (including phenoxy) is 1. The predicted octanol–water partition coefficient (Wildman–Crippen LogP) is 0.819. The molecule has 126 valence electrons. The minimum atomic E-state index is -0.547. The third-order valence-corrected chi connectivity index (χ3v) is 4.93. The Morgan fingerprint density at radius 3 is 2.50 bits per heavy atom. The molecule has 24 heavy (non-hydrogen) atoms. The number of hydrogen-bond donors (Lipinski definition) is 1. The molecule has 1 fully saturated rings. The van der Waals surface area contributed by atoms with Crippen LogP contribution < -0.4 is 5.32 Å². The Balaban J connectivity index is 1.63. The molecular formula is C15H15N3O5S. The second-order valence-corrected chi connectivity index (χ2v) is 6.52. The van der Waals surface area contributed by atoms with Crippen molar-refractivity contribution in [3.8, 4) is 0 Å². The number of carbonyl (C=O) groups excluding carboxylic acids is 4. The van der Waals surface area contributed by atoms with Crippen LogP contribution >= 0.6 is 11.3 Å². The van der Waals surface area contributed by atoms with Gasteiger partial charge in [-0.05, 0) is 12.8 Å². The molecule has 1 saturated heterocycles. The van der Waals surface area contributed by atoms with Crippen LogP contribution in [0.2, 0.25) is 0 Å². The van der Waals surface area contributed by atoms with Gasteiger partial charge in [0.1, 0.15) is 11.4 Å². The SMILES string of the molecule is COC(=O)c1cnc(NC(=O)CN2C(=O)[C@@H]3CC=CC[C@H]3C2=O)s1. The number of imide groups is 1. The van der Waals surface area contributed by atoms with E-state index in [1.54, 1.807) is 0 Å².